The molecule has 2 rings (SSSR count). The minimum atomic E-state index is 0. The predicted octanol–water partition coefficient (Wildman–Crippen LogP) is 3.99. The number of aromatic nitrogens is 1. The van der Waals surface area contributed by atoms with Gasteiger partial charge in [0.15, 0.2) is 5.96 Å². The molecule has 0 fully saturated rings. The van der Waals surface area contributed by atoms with Crippen molar-refractivity contribution in [3.8, 4) is 5.75 Å². The molecule has 132 valence electrons. The SMILES string of the molecule is CCNC(=NCc1ccc(Cl)cc1OC)NCc1ncc(C)s1.I. The highest BCUT2D eigenvalue weighted by Crippen LogP contribution is 2.23. The first-order valence-electron chi connectivity index (χ1n) is 7.38. The molecule has 2 N–H and O–H groups in total. The zero-order chi connectivity index (χ0) is 16.7. The normalized spacial score (nSPS) is 10.9. The molecule has 24 heavy (non-hydrogen) atoms. The quantitative estimate of drug-likeness (QED) is 0.373. The van der Waals surface area contributed by atoms with Crippen molar-refractivity contribution in [3.63, 3.8) is 0 Å². The number of aryl methyl sites for hydroxylation is 1. The molecule has 5 nitrogen and oxygen atoms in total. The molecule has 0 saturated heterocycles. The van der Waals surface area contributed by atoms with Gasteiger partial charge in [-0.25, -0.2) is 9.98 Å². The maximum atomic E-state index is 5.98. The molecule has 0 aliphatic rings. The van der Waals surface area contributed by atoms with Crippen LogP contribution in [0.15, 0.2) is 29.4 Å². The first-order chi connectivity index (χ1) is 11.1. The van der Waals surface area contributed by atoms with Crippen LogP contribution in [0.5, 0.6) is 5.75 Å². The summed E-state index contributed by atoms with van der Waals surface area (Å²) in [6.45, 7) is 6.04. The van der Waals surface area contributed by atoms with Gasteiger partial charge in [0.2, 0.25) is 0 Å². The lowest BCUT2D eigenvalue weighted by Gasteiger charge is -2.11. The number of nitrogens with one attached hydrogen (secondary N) is 2. The molecule has 1 aromatic carbocycles. The first kappa shape index (κ1) is 21.0. The highest BCUT2D eigenvalue weighted by molar-refractivity contribution is 14.0. The van der Waals surface area contributed by atoms with Crippen molar-refractivity contribution in [2.45, 2.75) is 26.9 Å². The molecule has 8 heteroatoms. The summed E-state index contributed by atoms with van der Waals surface area (Å²) in [7, 11) is 1.63. The number of guanidine groups is 1. The molecular formula is C16H22ClIN4OS. The highest BCUT2D eigenvalue weighted by Gasteiger charge is 2.05. The smallest absolute Gasteiger partial charge is 0.191 e. The number of benzene rings is 1. The van der Waals surface area contributed by atoms with Crippen LogP contribution in [-0.2, 0) is 13.1 Å². The van der Waals surface area contributed by atoms with Gasteiger partial charge in [0.1, 0.15) is 10.8 Å². The molecule has 2 aromatic rings. The molecule has 0 radical (unpaired) electrons. The van der Waals surface area contributed by atoms with Crippen LogP contribution in [0.3, 0.4) is 0 Å². The second-order valence-corrected chi connectivity index (χ2v) is 6.63. The van der Waals surface area contributed by atoms with Crippen molar-refractivity contribution < 1.29 is 4.74 Å². The average molecular weight is 481 g/mol. The van der Waals surface area contributed by atoms with Gasteiger partial charge < -0.3 is 15.4 Å². The van der Waals surface area contributed by atoms with Gasteiger partial charge in [0, 0.05) is 28.2 Å². The van der Waals surface area contributed by atoms with E-state index < -0.39 is 0 Å². The topological polar surface area (TPSA) is 58.5 Å². The fourth-order valence-corrected chi connectivity index (χ4v) is 2.89. The minimum absolute atomic E-state index is 0. The van der Waals surface area contributed by atoms with Crippen LogP contribution in [0.1, 0.15) is 22.4 Å². The monoisotopic (exact) mass is 480 g/mol. The number of halogens is 2. The molecule has 0 aliphatic heterocycles. The lowest BCUT2D eigenvalue weighted by atomic mass is 10.2. The van der Waals surface area contributed by atoms with Gasteiger partial charge in [-0.05, 0) is 26.0 Å². The van der Waals surface area contributed by atoms with E-state index in [1.165, 1.54) is 4.88 Å². The Balaban J connectivity index is 0.00000288. The van der Waals surface area contributed by atoms with E-state index in [-0.39, 0.29) is 24.0 Å². The average Bonchev–Trinajstić information content (AvgIpc) is 2.96. The number of hydrogen-bond donors (Lipinski definition) is 2. The van der Waals surface area contributed by atoms with Crippen molar-refractivity contribution in [1.82, 2.24) is 15.6 Å². The van der Waals surface area contributed by atoms with Crippen LogP contribution in [0, 0.1) is 6.92 Å². The van der Waals surface area contributed by atoms with Gasteiger partial charge in [0.25, 0.3) is 0 Å². The highest BCUT2D eigenvalue weighted by atomic mass is 127. The Morgan fingerprint density at radius 1 is 1.38 bits per heavy atom. The largest absolute Gasteiger partial charge is 0.496 e. The van der Waals surface area contributed by atoms with Gasteiger partial charge in [0.05, 0.1) is 20.2 Å². The molecule has 0 amide bonds. The van der Waals surface area contributed by atoms with Gasteiger partial charge in [-0.2, -0.15) is 0 Å². The van der Waals surface area contributed by atoms with Crippen LogP contribution in [0.4, 0.5) is 0 Å². The fraction of sp³-hybridized carbons (Fsp3) is 0.375. The summed E-state index contributed by atoms with van der Waals surface area (Å²) in [6.07, 6.45) is 1.88. The second kappa shape index (κ2) is 10.7. The Morgan fingerprint density at radius 3 is 2.79 bits per heavy atom. The number of ether oxygens (including phenoxy) is 1. The molecule has 0 bridgehead atoms. The lowest BCUT2D eigenvalue weighted by Crippen LogP contribution is -2.36. The van der Waals surface area contributed by atoms with E-state index in [0.717, 1.165) is 28.8 Å². The third-order valence-electron chi connectivity index (χ3n) is 3.08. The molecule has 0 atom stereocenters. The third kappa shape index (κ3) is 6.45. The number of rotatable bonds is 6. The van der Waals surface area contributed by atoms with Crippen LogP contribution >= 0.6 is 46.9 Å². The Bertz CT molecular complexity index is 678. The van der Waals surface area contributed by atoms with Crippen molar-refractivity contribution in [1.29, 1.82) is 0 Å². The van der Waals surface area contributed by atoms with Crippen LogP contribution in [0.25, 0.3) is 0 Å². The lowest BCUT2D eigenvalue weighted by molar-refractivity contribution is 0.410. The second-order valence-electron chi connectivity index (χ2n) is 4.87. The molecular weight excluding hydrogens is 459 g/mol. The molecule has 0 unspecified atom stereocenters. The van der Waals surface area contributed by atoms with Crippen LogP contribution < -0.4 is 15.4 Å². The number of nitrogens with zero attached hydrogens (tertiary/aromatic N) is 2. The molecule has 1 heterocycles. The van der Waals surface area contributed by atoms with E-state index in [1.807, 2.05) is 32.2 Å². The van der Waals surface area contributed by atoms with Crippen molar-refractivity contribution in [3.05, 3.63) is 44.9 Å². The maximum absolute atomic E-state index is 5.98. The maximum Gasteiger partial charge on any atom is 0.191 e. The van der Waals surface area contributed by atoms with E-state index >= 15 is 0 Å². The van der Waals surface area contributed by atoms with Gasteiger partial charge >= 0.3 is 0 Å². The third-order valence-corrected chi connectivity index (χ3v) is 4.22. The molecule has 0 aliphatic carbocycles. The van der Waals surface area contributed by atoms with E-state index in [9.17, 15) is 0 Å². The zero-order valence-corrected chi connectivity index (χ0v) is 17.8. The number of aliphatic imine (C=N–C) groups is 1. The predicted molar refractivity (Wildman–Crippen MR) is 112 cm³/mol. The molecule has 0 saturated carbocycles. The summed E-state index contributed by atoms with van der Waals surface area (Å²) < 4.78 is 5.35. The number of methoxy groups -OCH3 is 1. The summed E-state index contributed by atoms with van der Waals surface area (Å²) in [4.78, 5) is 10.1. The van der Waals surface area contributed by atoms with E-state index in [2.05, 4.69) is 20.6 Å². The van der Waals surface area contributed by atoms with Crippen molar-refractivity contribution >= 4 is 52.9 Å². The summed E-state index contributed by atoms with van der Waals surface area (Å²) in [6, 6.07) is 5.57. The molecule has 1 aromatic heterocycles. The van der Waals surface area contributed by atoms with Gasteiger partial charge in [-0.3, -0.25) is 0 Å². The first-order valence-corrected chi connectivity index (χ1v) is 8.57. The number of thiazole rings is 1. The summed E-state index contributed by atoms with van der Waals surface area (Å²) >= 11 is 7.66. The van der Waals surface area contributed by atoms with Crippen molar-refractivity contribution in [2.24, 2.45) is 4.99 Å². The fourth-order valence-electron chi connectivity index (χ4n) is 2.00. The van der Waals surface area contributed by atoms with Gasteiger partial charge in [-0.1, -0.05) is 17.7 Å². The van der Waals surface area contributed by atoms with Gasteiger partial charge in [-0.15, -0.1) is 35.3 Å². The molecule has 0 spiro atoms. The Labute approximate surface area is 168 Å². The number of hydrogen-bond acceptors (Lipinski definition) is 4. The Kier molecular flexibility index (Phi) is 9.38. The van der Waals surface area contributed by atoms with Crippen molar-refractivity contribution in [2.75, 3.05) is 13.7 Å². The Hall–Kier alpha value is -1.06. The van der Waals surface area contributed by atoms with E-state index in [0.29, 0.717) is 18.1 Å². The van der Waals surface area contributed by atoms with Crippen LogP contribution in [0.2, 0.25) is 5.02 Å². The van der Waals surface area contributed by atoms with E-state index in [1.54, 1.807) is 24.5 Å². The minimum Gasteiger partial charge on any atom is -0.496 e. The van der Waals surface area contributed by atoms with E-state index in [4.69, 9.17) is 16.3 Å². The van der Waals surface area contributed by atoms with Crippen LogP contribution in [-0.4, -0.2) is 24.6 Å². The summed E-state index contributed by atoms with van der Waals surface area (Å²) in [5.41, 5.74) is 0.985. The zero-order valence-electron chi connectivity index (χ0n) is 13.9. The summed E-state index contributed by atoms with van der Waals surface area (Å²) in [5, 5.41) is 8.21. The summed E-state index contributed by atoms with van der Waals surface area (Å²) in [5.74, 6) is 1.49. The Morgan fingerprint density at radius 2 is 2.17 bits per heavy atom. The standard InChI is InChI=1S/C16H21ClN4OS.HI/c1-4-18-16(21-10-15-19-8-11(2)23-15)20-9-12-5-6-13(17)7-14(12)22-3;/h5-8H,4,9-10H2,1-3H3,(H2,18,20,21);1H.